The number of phenols is 1. The van der Waals surface area contributed by atoms with Crippen molar-refractivity contribution in [3.05, 3.63) is 42.6 Å². The molecule has 2 bridgehead atoms. The highest BCUT2D eigenvalue weighted by atomic mass is 16.4. The molecule has 0 aliphatic rings. The molecule has 1 aromatic carbocycles. The van der Waals surface area contributed by atoms with E-state index in [1.807, 2.05) is 24.3 Å². The largest absolute Gasteiger partial charge is 0.504 e. The highest BCUT2D eigenvalue weighted by molar-refractivity contribution is 5.96. The molecular weight excluding hydrogens is 320 g/mol. The predicted octanol–water partition coefficient (Wildman–Crippen LogP) is 3.24. The monoisotopic (exact) mass is 332 g/mol. The van der Waals surface area contributed by atoms with Crippen molar-refractivity contribution in [3.8, 4) is 17.0 Å². The van der Waals surface area contributed by atoms with Crippen molar-refractivity contribution in [1.29, 1.82) is 0 Å². The number of anilines is 3. The van der Waals surface area contributed by atoms with Gasteiger partial charge in [-0.2, -0.15) is 10.1 Å². The molecule has 8 nitrogen and oxygen atoms in total. The average molecular weight is 332 g/mol. The number of aromatic nitrogens is 4. The molecule has 5 N–H and O–H groups in total. The number of rotatable bonds is 3. The van der Waals surface area contributed by atoms with E-state index in [-0.39, 0.29) is 11.7 Å². The third-order valence-corrected chi connectivity index (χ3v) is 4.06. The second-order valence-electron chi connectivity index (χ2n) is 5.68. The number of aromatic amines is 1. The van der Waals surface area contributed by atoms with E-state index in [1.54, 1.807) is 18.3 Å². The molecule has 0 amide bonds. The first-order valence-corrected chi connectivity index (χ1v) is 7.56. The van der Waals surface area contributed by atoms with Gasteiger partial charge in [-0.3, -0.25) is 5.10 Å². The number of hydrogen-bond acceptors (Lipinski definition) is 7. The van der Waals surface area contributed by atoms with Gasteiger partial charge in [0, 0.05) is 29.3 Å². The molecule has 0 fully saturated rings. The van der Waals surface area contributed by atoms with E-state index in [1.165, 1.54) is 0 Å². The van der Waals surface area contributed by atoms with Crippen LogP contribution in [-0.4, -0.2) is 25.3 Å². The van der Waals surface area contributed by atoms with Gasteiger partial charge < -0.3 is 20.6 Å². The van der Waals surface area contributed by atoms with Crippen molar-refractivity contribution in [3.63, 3.8) is 0 Å². The highest BCUT2D eigenvalue weighted by Crippen LogP contribution is 2.37. The van der Waals surface area contributed by atoms with Crippen LogP contribution >= 0.6 is 0 Å². The molecule has 122 valence electrons. The van der Waals surface area contributed by atoms with Gasteiger partial charge in [0.25, 0.3) is 0 Å². The number of nitrogens with zero attached hydrogens (tertiary/aromatic N) is 3. The molecule has 5 aromatic rings. The quantitative estimate of drug-likeness (QED) is 0.374. The molecule has 0 aliphatic carbocycles. The third-order valence-electron chi connectivity index (χ3n) is 4.06. The van der Waals surface area contributed by atoms with Crippen LogP contribution in [0.1, 0.15) is 0 Å². The summed E-state index contributed by atoms with van der Waals surface area (Å²) in [5.41, 5.74) is 10.1. The number of nitrogens with one attached hydrogen (secondary N) is 2. The summed E-state index contributed by atoms with van der Waals surface area (Å²) < 4.78 is 5.43. The third kappa shape index (κ3) is 2.12. The van der Waals surface area contributed by atoms with E-state index < -0.39 is 0 Å². The van der Waals surface area contributed by atoms with Gasteiger partial charge in [-0.25, -0.2) is 4.98 Å². The van der Waals surface area contributed by atoms with Crippen molar-refractivity contribution in [1.82, 2.24) is 20.2 Å². The zero-order valence-electron chi connectivity index (χ0n) is 12.8. The number of furan rings is 2. The van der Waals surface area contributed by atoms with Crippen molar-refractivity contribution in [2.75, 3.05) is 11.1 Å². The summed E-state index contributed by atoms with van der Waals surface area (Å²) in [6.45, 7) is 0. The van der Waals surface area contributed by atoms with Crippen LogP contribution in [0.4, 0.5) is 17.5 Å². The summed E-state index contributed by atoms with van der Waals surface area (Å²) in [4.78, 5) is 8.61. The van der Waals surface area contributed by atoms with Gasteiger partial charge in [0.15, 0.2) is 16.9 Å². The number of hydrogen-bond donors (Lipinski definition) is 4. The minimum atomic E-state index is 0.122. The Hall–Kier alpha value is -3.81. The molecule has 25 heavy (non-hydrogen) atoms. The highest BCUT2D eigenvalue weighted by Gasteiger charge is 2.15. The lowest BCUT2D eigenvalue weighted by Crippen LogP contribution is -2.01. The molecule has 4 aromatic heterocycles. The Bertz CT molecular complexity index is 1200. The van der Waals surface area contributed by atoms with Gasteiger partial charge in [0.1, 0.15) is 5.82 Å². The maximum atomic E-state index is 9.59. The zero-order chi connectivity index (χ0) is 17.0. The Labute approximate surface area is 140 Å². The van der Waals surface area contributed by atoms with Crippen LogP contribution in [0, 0.1) is 0 Å². The summed E-state index contributed by atoms with van der Waals surface area (Å²) in [6, 6.07) is 11.0. The molecule has 0 radical (unpaired) electrons. The molecule has 0 spiro atoms. The van der Waals surface area contributed by atoms with E-state index in [9.17, 15) is 5.11 Å². The van der Waals surface area contributed by atoms with Gasteiger partial charge in [-0.1, -0.05) is 6.07 Å². The minimum absolute atomic E-state index is 0.122. The molecule has 0 aliphatic heterocycles. The number of phenolic OH excluding ortho intramolecular Hbond substituents is 1. The average Bonchev–Trinajstić information content (AvgIpc) is 3.31. The Morgan fingerprint density at radius 1 is 1.08 bits per heavy atom. The maximum absolute atomic E-state index is 9.59. The van der Waals surface area contributed by atoms with Crippen molar-refractivity contribution in [2.45, 2.75) is 0 Å². The summed E-state index contributed by atoms with van der Waals surface area (Å²) >= 11 is 0. The van der Waals surface area contributed by atoms with Crippen LogP contribution in [0.2, 0.25) is 0 Å². The van der Waals surface area contributed by atoms with Gasteiger partial charge in [-0.15, -0.1) is 0 Å². The number of nitrogens with two attached hydrogens (primary N) is 1. The van der Waals surface area contributed by atoms with Gasteiger partial charge in [-0.05, 0) is 18.2 Å². The second-order valence-corrected chi connectivity index (χ2v) is 5.68. The predicted molar refractivity (Wildman–Crippen MR) is 93.9 cm³/mol. The molecule has 0 unspecified atom stereocenters. The fraction of sp³-hybridized carbons (Fsp3) is 0. The normalized spacial score (nSPS) is 11.5. The summed E-state index contributed by atoms with van der Waals surface area (Å²) in [5, 5.41) is 20.5. The van der Waals surface area contributed by atoms with Crippen LogP contribution in [0.5, 0.6) is 5.75 Å². The number of nitrogen functional groups attached to an aromatic ring is 1. The summed E-state index contributed by atoms with van der Waals surface area (Å²) in [6.07, 6.45) is 1.69. The SMILES string of the molecule is Nc1nc(Nc2cc3oc2cc3O)c2ccc(-c3ccn[nH]3)cc2n1. The lowest BCUT2D eigenvalue weighted by atomic mass is 10.1. The molecule has 4 heterocycles. The summed E-state index contributed by atoms with van der Waals surface area (Å²) in [7, 11) is 0. The van der Waals surface area contributed by atoms with Crippen molar-refractivity contribution in [2.24, 2.45) is 0 Å². The number of aromatic hydroxyl groups is 1. The van der Waals surface area contributed by atoms with E-state index >= 15 is 0 Å². The minimum Gasteiger partial charge on any atom is -0.504 e. The van der Waals surface area contributed by atoms with Crippen molar-refractivity contribution < 1.29 is 9.52 Å². The Kier molecular flexibility index (Phi) is 2.64. The fourth-order valence-corrected chi connectivity index (χ4v) is 2.89. The molecule has 0 saturated heterocycles. The zero-order valence-corrected chi connectivity index (χ0v) is 12.8. The Balaban J connectivity index is 1.62. The first-order valence-electron chi connectivity index (χ1n) is 7.56. The lowest BCUT2D eigenvalue weighted by molar-refractivity contribution is 0.476. The Morgan fingerprint density at radius 3 is 2.72 bits per heavy atom. The fourth-order valence-electron chi connectivity index (χ4n) is 2.89. The van der Waals surface area contributed by atoms with E-state index in [0.717, 1.165) is 16.6 Å². The Morgan fingerprint density at radius 2 is 2.00 bits per heavy atom. The molecular formula is C17H12N6O2. The van der Waals surface area contributed by atoms with Crippen LogP contribution < -0.4 is 11.1 Å². The molecule has 0 atom stereocenters. The van der Waals surface area contributed by atoms with Gasteiger partial charge >= 0.3 is 0 Å². The number of H-pyrrole nitrogens is 1. The molecule has 0 saturated carbocycles. The topological polar surface area (TPSA) is 126 Å². The van der Waals surface area contributed by atoms with Crippen LogP contribution in [0.3, 0.4) is 0 Å². The van der Waals surface area contributed by atoms with Crippen LogP contribution in [-0.2, 0) is 0 Å². The second kappa shape index (κ2) is 4.84. The van der Waals surface area contributed by atoms with E-state index in [0.29, 0.717) is 28.2 Å². The number of benzene rings is 2. The lowest BCUT2D eigenvalue weighted by Gasteiger charge is -2.09. The summed E-state index contributed by atoms with van der Waals surface area (Å²) in [5.74, 6) is 0.858. The first kappa shape index (κ1) is 13.6. The van der Waals surface area contributed by atoms with Crippen LogP contribution in [0.15, 0.2) is 47.0 Å². The van der Waals surface area contributed by atoms with E-state index in [2.05, 4.69) is 25.5 Å². The smallest absolute Gasteiger partial charge is 0.222 e. The maximum Gasteiger partial charge on any atom is 0.222 e. The van der Waals surface area contributed by atoms with E-state index in [4.69, 9.17) is 10.2 Å². The van der Waals surface area contributed by atoms with Crippen LogP contribution in [0.25, 0.3) is 33.3 Å². The van der Waals surface area contributed by atoms with Gasteiger partial charge in [0.05, 0.1) is 16.9 Å². The molecule has 8 heteroatoms. The molecule has 5 rings (SSSR count). The standard InChI is InChI=1S/C17H12N6O2/c18-17-21-11-5-8(10-3-4-19-23-10)1-2-9(11)16(22-17)20-12-6-15-13(24)7-14(12)25-15/h1-7,24H,(H,19,23)(H3,18,20,21,22). The number of fused-ring (bicyclic) bond motifs is 3. The van der Waals surface area contributed by atoms with Gasteiger partial charge in [0.2, 0.25) is 5.95 Å². The first-order chi connectivity index (χ1) is 12.2. The van der Waals surface area contributed by atoms with Crippen molar-refractivity contribution >= 4 is 39.5 Å².